The highest BCUT2D eigenvalue weighted by Crippen LogP contribution is 2.39. The van der Waals surface area contributed by atoms with Gasteiger partial charge in [0.1, 0.15) is 11.3 Å². The second kappa shape index (κ2) is 4.85. The van der Waals surface area contributed by atoms with Gasteiger partial charge in [0, 0.05) is 6.04 Å². The Balaban J connectivity index is 1.95. The molecule has 0 amide bonds. The molecule has 0 spiro atoms. The molecule has 1 aromatic carbocycles. The van der Waals surface area contributed by atoms with Crippen LogP contribution >= 0.6 is 11.8 Å². The van der Waals surface area contributed by atoms with Gasteiger partial charge in [-0.2, -0.15) is 0 Å². The summed E-state index contributed by atoms with van der Waals surface area (Å²) < 4.78 is 15.8. The summed E-state index contributed by atoms with van der Waals surface area (Å²) in [5, 5.41) is 8.66. The van der Waals surface area contributed by atoms with Crippen molar-refractivity contribution in [1.82, 2.24) is 9.55 Å². The molecule has 0 radical (unpaired) electrons. The summed E-state index contributed by atoms with van der Waals surface area (Å²) >= 11 is 1.29. The first-order chi connectivity index (χ1) is 9.16. The number of hydrogen-bond acceptors (Lipinski definition) is 3. The van der Waals surface area contributed by atoms with Crippen LogP contribution in [0.15, 0.2) is 18.2 Å². The third kappa shape index (κ3) is 2.45. The first-order valence-electron chi connectivity index (χ1n) is 6.11. The molecule has 0 bridgehead atoms. The Morgan fingerprint density at radius 1 is 1.53 bits per heavy atom. The van der Waals surface area contributed by atoms with Crippen molar-refractivity contribution in [2.45, 2.75) is 24.6 Å². The first-order valence-corrected chi connectivity index (χ1v) is 7.27. The third-order valence-corrected chi connectivity index (χ3v) is 4.03. The number of carbonyl (C=O) groups is 1. The summed E-state index contributed by atoms with van der Waals surface area (Å²) in [5.41, 5.74) is 1.20. The topological polar surface area (TPSA) is 55.1 Å². The molecule has 0 saturated heterocycles. The molecule has 1 fully saturated rings. The van der Waals surface area contributed by atoms with Gasteiger partial charge in [0.05, 0.1) is 17.0 Å². The second-order valence-corrected chi connectivity index (χ2v) is 5.61. The molecule has 1 aliphatic carbocycles. The van der Waals surface area contributed by atoms with Crippen molar-refractivity contribution in [3.8, 4) is 0 Å². The van der Waals surface area contributed by atoms with Crippen molar-refractivity contribution < 1.29 is 14.3 Å². The van der Waals surface area contributed by atoms with Gasteiger partial charge in [-0.15, -0.1) is 11.8 Å². The Morgan fingerprint density at radius 2 is 2.32 bits per heavy atom. The van der Waals surface area contributed by atoms with Crippen LogP contribution in [0.25, 0.3) is 11.0 Å². The van der Waals surface area contributed by atoms with Gasteiger partial charge in [0.25, 0.3) is 0 Å². The molecular weight excluding hydrogens is 267 g/mol. The van der Waals surface area contributed by atoms with Gasteiger partial charge in [0.2, 0.25) is 0 Å². The average Bonchev–Trinajstić information content (AvgIpc) is 3.11. The van der Waals surface area contributed by atoms with E-state index in [0.29, 0.717) is 17.3 Å². The molecule has 6 heteroatoms. The van der Waals surface area contributed by atoms with Gasteiger partial charge in [-0.05, 0) is 25.0 Å². The SMILES string of the molecule is O=C(O)CSCc1nc2c(F)cccc2n1C1CC1. The zero-order valence-corrected chi connectivity index (χ0v) is 11.0. The fourth-order valence-electron chi connectivity index (χ4n) is 2.20. The van der Waals surface area contributed by atoms with E-state index in [1.807, 2.05) is 6.07 Å². The number of hydrogen-bond donors (Lipinski definition) is 1. The maximum absolute atomic E-state index is 13.7. The number of nitrogens with zero attached hydrogens (tertiary/aromatic N) is 2. The van der Waals surface area contributed by atoms with Crippen LogP contribution in [0, 0.1) is 5.82 Å². The quantitative estimate of drug-likeness (QED) is 0.915. The predicted molar refractivity (Wildman–Crippen MR) is 71.8 cm³/mol. The molecule has 0 atom stereocenters. The number of aliphatic carboxylic acids is 1. The van der Waals surface area contributed by atoms with Crippen LogP contribution in [0.2, 0.25) is 0 Å². The number of carboxylic acids is 1. The van der Waals surface area contributed by atoms with Crippen LogP contribution in [0.5, 0.6) is 0 Å². The second-order valence-electron chi connectivity index (χ2n) is 4.62. The lowest BCUT2D eigenvalue weighted by Crippen LogP contribution is -2.03. The normalized spacial score (nSPS) is 15.0. The molecule has 1 aliphatic rings. The zero-order chi connectivity index (χ0) is 13.4. The van der Waals surface area contributed by atoms with Crippen LogP contribution < -0.4 is 0 Å². The number of benzene rings is 1. The molecule has 1 N–H and O–H groups in total. The van der Waals surface area contributed by atoms with E-state index in [1.165, 1.54) is 17.8 Å². The van der Waals surface area contributed by atoms with Gasteiger partial charge < -0.3 is 9.67 Å². The third-order valence-electron chi connectivity index (χ3n) is 3.11. The van der Waals surface area contributed by atoms with Gasteiger partial charge in [-0.25, -0.2) is 9.37 Å². The van der Waals surface area contributed by atoms with E-state index < -0.39 is 5.97 Å². The maximum Gasteiger partial charge on any atom is 0.313 e. The highest BCUT2D eigenvalue weighted by Gasteiger charge is 2.28. The van der Waals surface area contributed by atoms with Crippen molar-refractivity contribution in [3.63, 3.8) is 0 Å². The molecule has 1 saturated carbocycles. The molecular formula is C13H13FN2O2S. The molecule has 4 nitrogen and oxygen atoms in total. The van der Waals surface area contributed by atoms with Gasteiger partial charge in [-0.1, -0.05) is 6.07 Å². The smallest absolute Gasteiger partial charge is 0.313 e. The number of halogens is 1. The lowest BCUT2D eigenvalue weighted by atomic mass is 10.3. The maximum atomic E-state index is 13.7. The van der Waals surface area contributed by atoms with E-state index in [2.05, 4.69) is 9.55 Å². The molecule has 1 heterocycles. The summed E-state index contributed by atoms with van der Waals surface area (Å²) in [6, 6.07) is 5.36. The number of thioether (sulfide) groups is 1. The summed E-state index contributed by atoms with van der Waals surface area (Å²) in [6.07, 6.45) is 2.16. The monoisotopic (exact) mass is 280 g/mol. The van der Waals surface area contributed by atoms with Crippen LogP contribution in [-0.2, 0) is 10.5 Å². The zero-order valence-electron chi connectivity index (χ0n) is 10.2. The molecule has 0 unspecified atom stereocenters. The Bertz CT molecular complexity index is 637. The number of carboxylic acid groups (broad SMARTS) is 1. The van der Waals surface area contributed by atoms with Crippen LogP contribution in [0.1, 0.15) is 24.7 Å². The van der Waals surface area contributed by atoms with Crippen molar-refractivity contribution in [2.24, 2.45) is 0 Å². The Hall–Kier alpha value is -1.56. The number of aromatic nitrogens is 2. The fourth-order valence-corrected chi connectivity index (χ4v) is 2.87. The largest absolute Gasteiger partial charge is 0.481 e. The Kier molecular flexibility index (Phi) is 3.18. The van der Waals surface area contributed by atoms with Crippen molar-refractivity contribution in [3.05, 3.63) is 29.8 Å². The number of rotatable bonds is 5. The van der Waals surface area contributed by atoms with Crippen molar-refractivity contribution in [1.29, 1.82) is 0 Å². The van der Waals surface area contributed by atoms with E-state index in [9.17, 15) is 9.18 Å². The van der Waals surface area contributed by atoms with Crippen molar-refractivity contribution >= 4 is 28.8 Å². The van der Waals surface area contributed by atoms with E-state index in [0.717, 1.165) is 24.2 Å². The van der Waals surface area contributed by atoms with Gasteiger partial charge in [-0.3, -0.25) is 4.79 Å². The summed E-state index contributed by atoms with van der Waals surface area (Å²) in [5.74, 6) is 0.147. The molecule has 100 valence electrons. The summed E-state index contributed by atoms with van der Waals surface area (Å²) in [6.45, 7) is 0. The average molecular weight is 280 g/mol. The molecule has 19 heavy (non-hydrogen) atoms. The van der Waals surface area contributed by atoms with E-state index in [4.69, 9.17) is 5.11 Å². The van der Waals surface area contributed by atoms with Crippen LogP contribution in [0.4, 0.5) is 4.39 Å². The highest BCUT2D eigenvalue weighted by atomic mass is 32.2. The molecule has 2 aromatic rings. The molecule has 3 rings (SSSR count). The minimum atomic E-state index is -0.842. The predicted octanol–water partition coefficient (Wildman–Crippen LogP) is 2.83. The fraction of sp³-hybridized carbons (Fsp3) is 0.385. The number of fused-ring (bicyclic) bond motifs is 1. The van der Waals surface area contributed by atoms with Gasteiger partial charge in [0.15, 0.2) is 5.82 Å². The minimum Gasteiger partial charge on any atom is -0.481 e. The van der Waals surface area contributed by atoms with E-state index in [1.54, 1.807) is 6.07 Å². The lowest BCUT2D eigenvalue weighted by molar-refractivity contribution is -0.133. The summed E-state index contributed by atoms with van der Waals surface area (Å²) in [4.78, 5) is 14.9. The van der Waals surface area contributed by atoms with Crippen LogP contribution in [-0.4, -0.2) is 26.4 Å². The van der Waals surface area contributed by atoms with E-state index >= 15 is 0 Å². The Labute approximate surface area is 113 Å². The summed E-state index contributed by atoms with van der Waals surface area (Å²) in [7, 11) is 0. The first kappa shape index (κ1) is 12.5. The Morgan fingerprint density at radius 3 is 3.00 bits per heavy atom. The molecule has 0 aliphatic heterocycles. The van der Waals surface area contributed by atoms with Crippen LogP contribution in [0.3, 0.4) is 0 Å². The highest BCUT2D eigenvalue weighted by molar-refractivity contribution is 7.99. The lowest BCUT2D eigenvalue weighted by Gasteiger charge is -2.06. The minimum absolute atomic E-state index is 0.0380. The molecule has 1 aromatic heterocycles. The number of imidazole rings is 1. The number of para-hydroxylation sites is 1. The van der Waals surface area contributed by atoms with E-state index in [-0.39, 0.29) is 11.6 Å². The van der Waals surface area contributed by atoms with Crippen molar-refractivity contribution in [2.75, 3.05) is 5.75 Å². The van der Waals surface area contributed by atoms with Gasteiger partial charge >= 0.3 is 5.97 Å². The standard InChI is InChI=1S/C13H13FN2O2S/c14-9-2-1-3-10-13(9)15-11(6-19-7-12(17)18)16(10)8-4-5-8/h1-3,8H,4-7H2,(H,17,18).